The molecule has 2 unspecified atom stereocenters. The highest BCUT2D eigenvalue weighted by atomic mass is 19.1. The number of likely N-dealkylation sites (tertiary alicyclic amines) is 2. The van der Waals surface area contributed by atoms with Gasteiger partial charge in [0.15, 0.2) is 0 Å². The Morgan fingerprint density at radius 2 is 1.79 bits per heavy atom. The first-order chi connectivity index (χ1) is 18.7. The molecule has 1 aromatic heterocycles. The summed E-state index contributed by atoms with van der Waals surface area (Å²) in [6, 6.07) is 14.0. The number of nitriles is 1. The lowest BCUT2D eigenvalue weighted by molar-refractivity contribution is -0.155. The molecule has 39 heavy (non-hydrogen) atoms. The number of piperidine rings is 2. The van der Waals surface area contributed by atoms with Crippen LogP contribution in [0.1, 0.15) is 16.8 Å². The summed E-state index contributed by atoms with van der Waals surface area (Å²) in [7, 11) is 3.82. The number of amides is 2. The molecule has 2 bridgehead atoms. The zero-order chi connectivity index (χ0) is 27.7. The molecule has 5 rings (SSSR count). The number of hydrogen-bond acceptors (Lipinski definition) is 6. The Hall–Kier alpha value is -3.91. The Balaban J connectivity index is 1.38. The number of anilines is 1. The molecule has 2 saturated heterocycles. The van der Waals surface area contributed by atoms with Gasteiger partial charge in [0, 0.05) is 73.6 Å². The Bertz CT molecular complexity index is 1390. The van der Waals surface area contributed by atoms with Crippen molar-refractivity contribution in [1.82, 2.24) is 20.1 Å². The van der Waals surface area contributed by atoms with Gasteiger partial charge in [0.25, 0.3) is 0 Å². The predicted octanol–water partition coefficient (Wildman–Crippen LogP) is 3.53. The number of carbonyl (C=O) groups excluding carboxylic acids is 1. The van der Waals surface area contributed by atoms with Crippen molar-refractivity contribution in [3.63, 3.8) is 0 Å². The van der Waals surface area contributed by atoms with Gasteiger partial charge in [-0.25, -0.2) is 13.6 Å². The number of benzene rings is 2. The van der Waals surface area contributed by atoms with E-state index in [0.717, 1.165) is 34.9 Å². The Morgan fingerprint density at radius 1 is 1.10 bits per heavy atom. The van der Waals surface area contributed by atoms with E-state index in [2.05, 4.69) is 26.6 Å². The molecule has 8 nitrogen and oxygen atoms in total. The Morgan fingerprint density at radius 3 is 2.38 bits per heavy atom. The third kappa shape index (κ3) is 5.21. The van der Waals surface area contributed by atoms with Crippen molar-refractivity contribution in [3.05, 3.63) is 83.2 Å². The largest absolute Gasteiger partial charge is 0.383 e. The number of rotatable bonds is 5. The van der Waals surface area contributed by atoms with E-state index in [0.29, 0.717) is 30.9 Å². The van der Waals surface area contributed by atoms with Crippen LogP contribution in [-0.4, -0.2) is 66.2 Å². The van der Waals surface area contributed by atoms with Gasteiger partial charge < -0.3 is 25.5 Å². The normalized spacial score (nSPS) is 22.8. The number of hydrogen-bond donors (Lipinski definition) is 3. The van der Waals surface area contributed by atoms with Crippen LogP contribution in [0, 0.1) is 34.8 Å². The maximum Gasteiger partial charge on any atom is 0.321 e. The first kappa shape index (κ1) is 26.7. The molecule has 0 aliphatic carbocycles. The topological polar surface area (TPSA) is 105 Å². The van der Waals surface area contributed by atoms with Crippen molar-refractivity contribution >= 4 is 11.7 Å². The zero-order valence-electron chi connectivity index (χ0n) is 21.8. The second-order valence-corrected chi connectivity index (χ2v) is 10.4. The van der Waals surface area contributed by atoms with Crippen LogP contribution in [0.4, 0.5) is 19.3 Å². The lowest BCUT2D eigenvalue weighted by atomic mass is 9.68. The summed E-state index contributed by atoms with van der Waals surface area (Å²) in [4.78, 5) is 21.4. The SMILES string of the molecule is CNCc1ccc(-c2ccc(C3(O)C4CN(C)CC3CN(C(=O)Nc3cc(F)cc(F)c3)C4)nc2)c(C#N)c1. The van der Waals surface area contributed by atoms with Crippen LogP contribution in [0.15, 0.2) is 54.7 Å². The van der Waals surface area contributed by atoms with Crippen molar-refractivity contribution in [3.8, 4) is 17.2 Å². The fraction of sp³-hybridized carbons (Fsp3) is 0.345. The number of halogens is 2. The van der Waals surface area contributed by atoms with Crippen molar-refractivity contribution in [2.24, 2.45) is 11.8 Å². The maximum atomic E-state index is 13.6. The van der Waals surface area contributed by atoms with Crippen molar-refractivity contribution in [2.75, 3.05) is 45.6 Å². The predicted molar refractivity (Wildman–Crippen MR) is 142 cm³/mol. The fourth-order valence-corrected chi connectivity index (χ4v) is 5.89. The number of carbonyl (C=O) groups is 1. The van der Waals surface area contributed by atoms with E-state index in [4.69, 9.17) is 0 Å². The van der Waals surface area contributed by atoms with Crippen LogP contribution in [0.3, 0.4) is 0 Å². The minimum Gasteiger partial charge on any atom is -0.383 e. The van der Waals surface area contributed by atoms with Crippen molar-refractivity contribution < 1.29 is 18.7 Å². The van der Waals surface area contributed by atoms with Gasteiger partial charge in [-0.15, -0.1) is 0 Å². The monoisotopic (exact) mass is 532 g/mol. The number of urea groups is 1. The standard InChI is InChI=1S/C29H30F2N6O2/c1-33-12-18-3-5-26(20(7-18)11-32)19-4-6-27(34-13-19)29(39)21-14-36(2)15-22(29)17-37(16-21)28(38)35-25-9-23(30)8-24(31)10-25/h3-10,13,21-22,33,39H,12,14-17H2,1-2H3,(H,35,38). The molecular weight excluding hydrogens is 502 g/mol. The molecule has 2 atom stereocenters. The van der Waals surface area contributed by atoms with Gasteiger partial charge in [-0.05, 0) is 43.9 Å². The maximum absolute atomic E-state index is 13.6. The lowest BCUT2D eigenvalue weighted by Crippen LogP contribution is -2.66. The summed E-state index contributed by atoms with van der Waals surface area (Å²) in [5.74, 6) is -2.22. The molecule has 0 saturated carbocycles. The first-order valence-electron chi connectivity index (χ1n) is 12.8. The van der Waals surface area contributed by atoms with E-state index in [9.17, 15) is 23.9 Å². The molecule has 3 N–H and O–H groups in total. The van der Waals surface area contributed by atoms with Gasteiger partial charge in [0.05, 0.1) is 17.3 Å². The minimum atomic E-state index is -1.26. The van der Waals surface area contributed by atoms with E-state index < -0.39 is 23.3 Å². The van der Waals surface area contributed by atoms with Crippen LogP contribution >= 0.6 is 0 Å². The van der Waals surface area contributed by atoms with Gasteiger partial charge in [-0.2, -0.15) is 5.26 Å². The van der Waals surface area contributed by atoms with E-state index in [1.54, 1.807) is 17.2 Å². The van der Waals surface area contributed by atoms with Gasteiger partial charge >= 0.3 is 6.03 Å². The molecule has 2 fully saturated rings. The van der Waals surface area contributed by atoms with Crippen LogP contribution < -0.4 is 10.6 Å². The summed E-state index contributed by atoms with van der Waals surface area (Å²) in [6.45, 7) is 2.23. The second-order valence-electron chi connectivity index (χ2n) is 10.4. The molecule has 3 heterocycles. The molecule has 2 aliphatic rings. The molecular formula is C29H30F2N6O2. The van der Waals surface area contributed by atoms with Gasteiger partial charge in [-0.1, -0.05) is 18.2 Å². The summed E-state index contributed by atoms with van der Waals surface area (Å²) in [6.07, 6.45) is 1.68. The van der Waals surface area contributed by atoms with Crippen molar-refractivity contribution in [1.29, 1.82) is 5.26 Å². The van der Waals surface area contributed by atoms with E-state index >= 15 is 0 Å². The third-order valence-corrected chi connectivity index (χ3v) is 7.66. The number of nitrogens with zero attached hydrogens (tertiary/aromatic N) is 4. The summed E-state index contributed by atoms with van der Waals surface area (Å²) in [5.41, 5.74) is 2.39. The van der Waals surface area contributed by atoms with Crippen LogP contribution in [0.25, 0.3) is 11.1 Å². The molecule has 0 spiro atoms. The quantitative estimate of drug-likeness (QED) is 0.465. The smallest absolute Gasteiger partial charge is 0.321 e. The lowest BCUT2D eigenvalue weighted by Gasteiger charge is -2.54. The van der Waals surface area contributed by atoms with Crippen LogP contribution in [0.5, 0.6) is 0 Å². The fourth-order valence-electron chi connectivity index (χ4n) is 5.89. The Labute approximate surface area is 225 Å². The number of aliphatic hydroxyl groups is 1. The summed E-state index contributed by atoms with van der Waals surface area (Å²) < 4.78 is 27.2. The van der Waals surface area contributed by atoms with Gasteiger partial charge in [0.2, 0.25) is 0 Å². The highest BCUT2D eigenvalue weighted by molar-refractivity contribution is 5.89. The molecule has 2 aliphatic heterocycles. The second kappa shape index (κ2) is 10.7. The summed E-state index contributed by atoms with van der Waals surface area (Å²) >= 11 is 0. The molecule has 2 aromatic carbocycles. The zero-order valence-corrected chi connectivity index (χ0v) is 21.8. The number of pyridine rings is 1. The van der Waals surface area contributed by atoms with E-state index in [1.807, 2.05) is 38.4 Å². The first-order valence-corrected chi connectivity index (χ1v) is 12.8. The highest BCUT2D eigenvalue weighted by Crippen LogP contribution is 2.44. The highest BCUT2D eigenvalue weighted by Gasteiger charge is 2.54. The van der Waals surface area contributed by atoms with E-state index in [1.165, 1.54) is 0 Å². The molecule has 0 radical (unpaired) electrons. The average molecular weight is 533 g/mol. The average Bonchev–Trinajstić information content (AvgIpc) is 2.89. The number of aromatic nitrogens is 1. The molecule has 10 heteroatoms. The minimum absolute atomic E-state index is 0.0357. The third-order valence-electron chi connectivity index (χ3n) is 7.66. The summed E-state index contributed by atoms with van der Waals surface area (Å²) in [5, 5.41) is 27.4. The van der Waals surface area contributed by atoms with E-state index in [-0.39, 0.29) is 30.6 Å². The number of fused-ring (bicyclic) bond motifs is 2. The van der Waals surface area contributed by atoms with Crippen molar-refractivity contribution in [2.45, 2.75) is 12.1 Å². The Kier molecular flexibility index (Phi) is 7.32. The molecule has 202 valence electrons. The molecule has 2 amide bonds. The van der Waals surface area contributed by atoms with Crippen LogP contribution in [0.2, 0.25) is 0 Å². The number of nitrogens with one attached hydrogen (secondary N) is 2. The van der Waals surface area contributed by atoms with Gasteiger partial charge in [0.1, 0.15) is 17.2 Å². The van der Waals surface area contributed by atoms with Gasteiger partial charge in [-0.3, -0.25) is 4.98 Å². The van der Waals surface area contributed by atoms with Crippen LogP contribution in [-0.2, 0) is 12.1 Å². The molecule has 3 aromatic rings.